The Morgan fingerprint density at radius 2 is 1.40 bits per heavy atom. The average molecular weight is 210 g/mol. The van der Waals surface area contributed by atoms with Crippen molar-refractivity contribution in [2.24, 2.45) is 17.3 Å². The van der Waals surface area contributed by atoms with Crippen LogP contribution in [0.25, 0.3) is 0 Å². The minimum atomic E-state index is -1.03. The normalized spacial score (nSPS) is 34.1. The molecule has 2 rings (SSSR count). The predicted octanol–water partition coefficient (Wildman–Crippen LogP) is 0.405. The fourth-order valence-electron chi connectivity index (χ4n) is 2.88. The van der Waals surface area contributed by atoms with E-state index in [2.05, 4.69) is 10.6 Å². The molecular weight excluding hydrogens is 196 g/mol. The number of hydrogen-bond donors (Lipinski definition) is 2. The SMILES string of the molecule is CC1CCC(C)C12C(=O)NC(=O)NC2=O. The molecule has 0 aromatic rings. The summed E-state index contributed by atoms with van der Waals surface area (Å²) in [6.45, 7) is 3.77. The lowest BCUT2D eigenvalue weighted by molar-refractivity contribution is -0.149. The number of nitrogens with one attached hydrogen (secondary N) is 2. The summed E-state index contributed by atoms with van der Waals surface area (Å²) >= 11 is 0. The maximum Gasteiger partial charge on any atom is 0.328 e. The lowest BCUT2D eigenvalue weighted by atomic mass is 9.71. The molecule has 82 valence electrons. The first-order chi connectivity index (χ1) is 6.99. The average Bonchev–Trinajstić information content (AvgIpc) is 2.41. The Labute approximate surface area is 87.6 Å². The number of barbiturate groups is 1. The molecule has 15 heavy (non-hydrogen) atoms. The maximum absolute atomic E-state index is 11.9. The third kappa shape index (κ3) is 1.12. The van der Waals surface area contributed by atoms with Crippen LogP contribution in [-0.2, 0) is 9.59 Å². The maximum atomic E-state index is 11.9. The summed E-state index contributed by atoms with van der Waals surface area (Å²) in [6.07, 6.45) is 1.69. The van der Waals surface area contributed by atoms with Gasteiger partial charge in [0.1, 0.15) is 5.41 Å². The highest BCUT2D eigenvalue weighted by Crippen LogP contribution is 2.48. The molecule has 2 N–H and O–H groups in total. The Bertz CT molecular complexity index is 319. The van der Waals surface area contributed by atoms with E-state index in [-0.39, 0.29) is 11.8 Å². The smallest absolute Gasteiger partial charge is 0.277 e. The Morgan fingerprint density at radius 3 is 1.80 bits per heavy atom. The van der Waals surface area contributed by atoms with Gasteiger partial charge in [0.2, 0.25) is 11.8 Å². The summed E-state index contributed by atoms with van der Waals surface area (Å²) in [5.74, 6) is -0.899. The lowest BCUT2D eigenvalue weighted by Crippen LogP contribution is -2.65. The van der Waals surface area contributed by atoms with Crippen LogP contribution < -0.4 is 10.6 Å². The second-order valence-electron chi connectivity index (χ2n) is 4.49. The molecule has 1 spiro atoms. The van der Waals surface area contributed by atoms with Crippen molar-refractivity contribution in [3.8, 4) is 0 Å². The Balaban J connectivity index is 2.44. The van der Waals surface area contributed by atoms with E-state index >= 15 is 0 Å². The molecular formula is C10H14N2O3. The van der Waals surface area contributed by atoms with Crippen LogP contribution in [0.3, 0.4) is 0 Å². The zero-order valence-electron chi connectivity index (χ0n) is 8.79. The molecule has 2 unspecified atom stereocenters. The van der Waals surface area contributed by atoms with Gasteiger partial charge in [0.25, 0.3) is 0 Å². The molecule has 0 radical (unpaired) electrons. The second-order valence-corrected chi connectivity index (χ2v) is 4.49. The summed E-state index contributed by atoms with van der Waals surface area (Å²) in [4.78, 5) is 34.7. The van der Waals surface area contributed by atoms with Gasteiger partial charge in [-0.25, -0.2) is 4.79 Å². The van der Waals surface area contributed by atoms with Crippen LogP contribution in [0.5, 0.6) is 0 Å². The van der Waals surface area contributed by atoms with Crippen LogP contribution in [0.2, 0.25) is 0 Å². The van der Waals surface area contributed by atoms with E-state index in [9.17, 15) is 14.4 Å². The first kappa shape index (κ1) is 10.1. The van der Waals surface area contributed by atoms with E-state index in [0.29, 0.717) is 0 Å². The van der Waals surface area contributed by atoms with Crippen molar-refractivity contribution in [1.29, 1.82) is 0 Å². The van der Waals surface area contributed by atoms with Crippen molar-refractivity contribution in [2.45, 2.75) is 26.7 Å². The zero-order chi connectivity index (χ0) is 11.2. The quantitative estimate of drug-likeness (QED) is 0.568. The second kappa shape index (κ2) is 3.05. The van der Waals surface area contributed by atoms with Crippen LogP contribution in [0, 0.1) is 17.3 Å². The molecule has 0 aromatic heterocycles. The number of rotatable bonds is 0. The predicted molar refractivity (Wildman–Crippen MR) is 51.7 cm³/mol. The highest BCUT2D eigenvalue weighted by Gasteiger charge is 2.59. The molecule has 2 atom stereocenters. The van der Waals surface area contributed by atoms with Gasteiger partial charge in [-0.2, -0.15) is 0 Å². The van der Waals surface area contributed by atoms with Crippen molar-refractivity contribution in [3.63, 3.8) is 0 Å². The van der Waals surface area contributed by atoms with Crippen molar-refractivity contribution in [2.75, 3.05) is 0 Å². The molecule has 5 heteroatoms. The van der Waals surface area contributed by atoms with Gasteiger partial charge >= 0.3 is 6.03 Å². The van der Waals surface area contributed by atoms with Crippen LogP contribution in [0.4, 0.5) is 4.79 Å². The highest BCUT2D eigenvalue weighted by molar-refractivity contribution is 6.19. The monoisotopic (exact) mass is 210 g/mol. The molecule has 1 heterocycles. The largest absolute Gasteiger partial charge is 0.328 e. The van der Waals surface area contributed by atoms with Gasteiger partial charge in [-0.15, -0.1) is 0 Å². The van der Waals surface area contributed by atoms with Gasteiger partial charge in [0.15, 0.2) is 0 Å². The van der Waals surface area contributed by atoms with Gasteiger partial charge in [-0.05, 0) is 24.7 Å². The highest BCUT2D eigenvalue weighted by atomic mass is 16.2. The molecule has 5 nitrogen and oxygen atoms in total. The number of imide groups is 2. The van der Waals surface area contributed by atoms with Crippen LogP contribution in [0.15, 0.2) is 0 Å². The Hall–Kier alpha value is -1.39. The first-order valence-corrected chi connectivity index (χ1v) is 5.16. The molecule has 2 fully saturated rings. The molecule has 0 bridgehead atoms. The molecule has 1 saturated heterocycles. The molecule has 0 aromatic carbocycles. The van der Waals surface area contributed by atoms with Gasteiger partial charge < -0.3 is 0 Å². The molecule has 1 aliphatic heterocycles. The van der Waals surface area contributed by atoms with E-state index in [1.807, 2.05) is 13.8 Å². The number of urea groups is 1. The van der Waals surface area contributed by atoms with Gasteiger partial charge in [0.05, 0.1) is 0 Å². The Kier molecular flexibility index (Phi) is 2.06. The first-order valence-electron chi connectivity index (χ1n) is 5.16. The molecule has 4 amide bonds. The lowest BCUT2D eigenvalue weighted by Gasteiger charge is -2.37. The minimum absolute atomic E-state index is 0.0133. The molecule has 1 saturated carbocycles. The number of amides is 4. The van der Waals surface area contributed by atoms with Gasteiger partial charge in [0, 0.05) is 0 Å². The molecule has 1 aliphatic carbocycles. The third-order valence-electron chi connectivity index (χ3n) is 3.79. The van der Waals surface area contributed by atoms with Crippen molar-refractivity contribution >= 4 is 17.8 Å². The topological polar surface area (TPSA) is 75.3 Å². The van der Waals surface area contributed by atoms with Gasteiger partial charge in [-0.1, -0.05) is 13.8 Å². The number of hydrogen-bond acceptors (Lipinski definition) is 3. The van der Waals surface area contributed by atoms with Gasteiger partial charge in [-0.3, -0.25) is 20.2 Å². The summed E-state index contributed by atoms with van der Waals surface area (Å²) in [7, 11) is 0. The third-order valence-corrected chi connectivity index (χ3v) is 3.79. The Morgan fingerprint density at radius 1 is 1.00 bits per heavy atom. The van der Waals surface area contributed by atoms with E-state index in [4.69, 9.17) is 0 Å². The van der Waals surface area contributed by atoms with Crippen LogP contribution in [0.1, 0.15) is 26.7 Å². The van der Waals surface area contributed by atoms with Crippen molar-refractivity contribution in [3.05, 3.63) is 0 Å². The fraction of sp³-hybridized carbons (Fsp3) is 0.700. The van der Waals surface area contributed by atoms with E-state index < -0.39 is 23.3 Å². The van der Waals surface area contributed by atoms with Crippen LogP contribution >= 0.6 is 0 Å². The molecule has 2 aliphatic rings. The fourth-order valence-corrected chi connectivity index (χ4v) is 2.88. The minimum Gasteiger partial charge on any atom is -0.277 e. The number of carbonyl (C=O) groups excluding carboxylic acids is 3. The zero-order valence-corrected chi connectivity index (χ0v) is 8.79. The van der Waals surface area contributed by atoms with E-state index in [1.54, 1.807) is 0 Å². The van der Waals surface area contributed by atoms with Crippen LogP contribution in [-0.4, -0.2) is 17.8 Å². The van der Waals surface area contributed by atoms with E-state index in [1.165, 1.54) is 0 Å². The number of carbonyl (C=O) groups is 3. The van der Waals surface area contributed by atoms with E-state index in [0.717, 1.165) is 12.8 Å². The summed E-state index contributed by atoms with van der Waals surface area (Å²) in [5.41, 5.74) is -1.03. The van der Waals surface area contributed by atoms with Crippen molar-refractivity contribution in [1.82, 2.24) is 10.6 Å². The van der Waals surface area contributed by atoms with Crippen molar-refractivity contribution < 1.29 is 14.4 Å². The summed E-state index contributed by atoms with van der Waals surface area (Å²) < 4.78 is 0. The summed E-state index contributed by atoms with van der Waals surface area (Å²) in [5, 5.41) is 4.39. The summed E-state index contributed by atoms with van der Waals surface area (Å²) in [6, 6.07) is -0.707. The standard InChI is InChI=1S/C10H14N2O3/c1-5-3-4-6(2)10(5)7(13)11-9(15)12-8(10)14/h5-6H,3-4H2,1-2H3,(H2,11,12,13,14,15).